The van der Waals surface area contributed by atoms with Crippen molar-refractivity contribution in [3.05, 3.63) is 23.8 Å². The van der Waals surface area contributed by atoms with Crippen molar-refractivity contribution in [2.75, 3.05) is 18.5 Å². The Morgan fingerprint density at radius 3 is 2.58 bits per heavy atom. The first-order valence-electron chi connectivity index (χ1n) is 9.67. The molecule has 0 saturated heterocycles. The molecule has 1 N–H and O–H groups in total. The molecule has 0 radical (unpaired) electrons. The minimum atomic E-state index is -0.785. The Kier molecular flexibility index (Phi) is 7.47. The summed E-state index contributed by atoms with van der Waals surface area (Å²) >= 11 is 0. The van der Waals surface area contributed by atoms with Crippen LogP contribution in [-0.2, 0) is 9.53 Å². The van der Waals surface area contributed by atoms with Gasteiger partial charge in [0.15, 0.2) is 0 Å². The number of ether oxygens (including phenoxy) is 2. The predicted molar refractivity (Wildman–Crippen MR) is 102 cm³/mol. The fourth-order valence-electron chi connectivity index (χ4n) is 3.23. The van der Waals surface area contributed by atoms with E-state index in [1.54, 1.807) is 18.2 Å². The van der Waals surface area contributed by atoms with Crippen molar-refractivity contribution in [2.45, 2.75) is 64.9 Å². The average Bonchev–Trinajstić information content (AvgIpc) is 2.66. The first-order chi connectivity index (χ1) is 12.5. The SMILES string of the molecule is CCCOc1ccc(NC(=O)C2(OCCC)CCC(C)CC2)c(C#N)c1. The molecule has 1 aromatic rings. The Hall–Kier alpha value is -2.06. The molecule has 1 fully saturated rings. The molecule has 2 rings (SSSR count). The number of benzene rings is 1. The first-order valence-corrected chi connectivity index (χ1v) is 9.67. The van der Waals surface area contributed by atoms with Crippen LogP contribution in [0.25, 0.3) is 0 Å². The lowest BCUT2D eigenvalue weighted by molar-refractivity contribution is -0.147. The molecule has 1 aromatic carbocycles. The van der Waals surface area contributed by atoms with E-state index in [0.29, 0.717) is 36.1 Å². The molecular formula is C21H30N2O3. The summed E-state index contributed by atoms with van der Waals surface area (Å²) in [5.74, 6) is 1.12. The number of amides is 1. The van der Waals surface area contributed by atoms with Crippen LogP contribution >= 0.6 is 0 Å². The molecule has 0 aliphatic heterocycles. The minimum absolute atomic E-state index is 0.142. The van der Waals surface area contributed by atoms with Gasteiger partial charge in [0.25, 0.3) is 5.91 Å². The fourth-order valence-corrected chi connectivity index (χ4v) is 3.23. The number of carbonyl (C=O) groups is 1. The Morgan fingerprint density at radius 2 is 1.96 bits per heavy atom. The summed E-state index contributed by atoms with van der Waals surface area (Å²) in [7, 11) is 0. The molecule has 142 valence electrons. The van der Waals surface area contributed by atoms with Gasteiger partial charge in [0.1, 0.15) is 17.4 Å². The van der Waals surface area contributed by atoms with Gasteiger partial charge in [-0.05, 0) is 62.6 Å². The molecule has 26 heavy (non-hydrogen) atoms. The van der Waals surface area contributed by atoms with Crippen molar-refractivity contribution < 1.29 is 14.3 Å². The lowest BCUT2D eigenvalue weighted by atomic mass is 9.78. The van der Waals surface area contributed by atoms with Gasteiger partial charge in [-0.25, -0.2) is 0 Å². The highest BCUT2D eigenvalue weighted by Gasteiger charge is 2.42. The number of rotatable bonds is 8. The normalized spacial score (nSPS) is 22.5. The van der Waals surface area contributed by atoms with E-state index in [2.05, 4.69) is 18.3 Å². The average molecular weight is 358 g/mol. The second-order valence-corrected chi connectivity index (χ2v) is 7.15. The molecule has 0 unspecified atom stereocenters. The zero-order valence-corrected chi connectivity index (χ0v) is 16.1. The van der Waals surface area contributed by atoms with E-state index in [4.69, 9.17) is 9.47 Å². The summed E-state index contributed by atoms with van der Waals surface area (Å²) in [4.78, 5) is 13.1. The van der Waals surface area contributed by atoms with E-state index in [1.165, 1.54) is 0 Å². The van der Waals surface area contributed by atoms with Gasteiger partial charge in [-0.15, -0.1) is 0 Å². The Labute approximate surface area is 156 Å². The van der Waals surface area contributed by atoms with Crippen molar-refractivity contribution >= 4 is 11.6 Å². The number of nitriles is 1. The molecule has 0 heterocycles. The standard InChI is InChI=1S/C21H30N2O3/c1-4-12-25-18-6-7-19(17(14-18)15-22)23-20(24)21(26-13-5-2)10-8-16(3)9-11-21/h6-7,14,16H,4-5,8-13H2,1-3H3,(H,23,24). The molecule has 1 amide bonds. The van der Waals surface area contributed by atoms with Crippen LogP contribution in [0, 0.1) is 17.2 Å². The number of hydrogen-bond donors (Lipinski definition) is 1. The predicted octanol–water partition coefficient (Wildman–Crippen LogP) is 4.66. The first kappa shape index (κ1) is 20.3. The molecule has 5 nitrogen and oxygen atoms in total. The van der Waals surface area contributed by atoms with Crippen molar-refractivity contribution in [3.63, 3.8) is 0 Å². The van der Waals surface area contributed by atoms with E-state index in [9.17, 15) is 10.1 Å². The second kappa shape index (κ2) is 9.59. The quantitative estimate of drug-likeness (QED) is 0.733. The van der Waals surface area contributed by atoms with E-state index >= 15 is 0 Å². The van der Waals surface area contributed by atoms with E-state index < -0.39 is 5.60 Å². The number of hydrogen-bond acceptors (Lipinski definition) is 4. The zero-order chi connectivity index (χ0) is 19.0. The fraction of sp³-hybridized carbons (Fsp3) is 0.619. The van der Waals surface area contributed by atoms with Gasteiger partial charge in [0, 0.05) is 6.61 Å². The third-order valence-electron chi connectivity index (χ3n) is 4.91. The molecule has 0 aromatic heterocycles. The van der Waals surface area contributed by atoms with Gasteiger partial charge >= 0.3 is 0 Å². The van der Waals surface area contributed by atoms with Crippen LogP contribution in [0.4, 0.5) is 5.69 Å². The summed E-state index contributed by atoms with van der Waals surface area (Å²) in [5, 5.41) is 12.4. The zero-order valence-electron chi connectivity index (χ0n) is 16.1. The van der Waals surface area contributed by atoms with Gasteiger partial charge < -0.3 is 14.8 Å². The summed E-state index contributed by atoms with van der Waals surface area (Å²) in [5.41, 5.74) is 0.133. The van der Waals surface area contributed by atoms with Gasteiger partial charge in [-0.1, -0.05) is 20.8 Å². The molecule has 0 spiro atoms. The highest BCUT2D eigenvalue weighted by Crippen LogP contribution is 2.36. The monoisotopic (exact) mass is 358 g/mol. The Bertz CT molecular complexity index is 638. The lowest BCUT2D eigenvalue weighted by Crippen LogP contribution is -2.48. The van der Waals surface area contributed by atoms with Crippen LogP contribution in [0.5, 0.6) is 5.75 Å². The summed E-state index contributed by atoms with van der Waals surface area (Å²) in [6.07, 6.45) is 5.17. The molecule has 0 atom stereocenters. The van der Waals surface area contributed by atoms with Gasteiger partial charge in [0.05, 0.1) is 17.9 Å². The topological polar surface area (TPSA) is 71.3 Å². The molecule has 1 aliphatic rings. The maximum Gasteiger partial charge on any atom is 0.256 e. The van der Waals surface area contributed by atoms with Gasteiger partial charge in [-0.2, -0.15) is 5.26 Å². The maximum atomic E-state index is 13.1. The summed E-state index contributed by atoms with van der Waals surface area (Å²) < 4.78 is 11.6. The minimum Gasteiger partial charge on any atom is -0.494 e. The van der Waals surface area contributed by atoms with E-state index in [1.807, 2.05) is 13.8 Å². The largest absolute Gasteiger partial charge is 0.494 e. The van der Waals surface area contributed by atoms with Crippen LogP contribution in [-0.4, -0.2) is 24.7 Å². The number of nitrogens with one attached hydrogen (secondary N) is 1. The third kappa shape index (κ3) is 4.98. The highest BCUT2D eigenvalue weighted by molar-refractivity contribution is 5.98. The second-order valence-electron chi connectivity index (χ2n) is 7.15. The van der Waals surface area contributed by atoms with Crippen LogP contribution in [0.15, 0.2) is 18.2 Å². The maximum absolute atomic E-state index is 13.1. The summed E-state index contributed by atoms with van der Waals surface area (Å²) in [6, 6.07) is 7.35. The highest BCUT2D eigenvalue weighted by atomic mass is 16.5. The van der Waals surface area contributed by atoms with E-state index in [0.717, 1.165) is 38.5 Å². The van der Waals surface area contributed by atoms with Crippen molar-refractivity contribution in [3.8, 4) is 11.8 Å². The molecule has 0 bridgehead atoms. The van der Waals surface area contributed by atoms with Gasteiger partial charge in [-0.3, -0.25) is 4.79 Å². The molecule has 5 heteroatoms. The molecule has 1 saturated carbocycles. The van der Waals surface area contributed by atoms with Crippen molar-refractivity contribution in [1.82, 2.24) is 0 Å². The number of nitrogens with zero attached hydrogens (tertiary/aromatic N) is 1. The number of anilines is 1. The van der Waals surface area contributed by atoms with Crippen molar-refractivity contribution in [2.24, 2.45) is 5.92 Å². The Balaban J connectivity index is 2.16. The Morgan fingerprint density at radius 1 is 1.27 bits per heavy atom. The molecule has 1 aliphatic carbocycles. The summed E-state index contributed by atoms with van der Waals surface area (Å²) in [6.45, 7) is 7.45. The van der Waals surface area contributed by atoms with Crippen molar-refractivity contribution in [1.29, 1.82) is 5.26 Å². The number of carbonyl (C=O) groups excluding carboxylic acids is 1. The van der Waals surface area contributed by atoms with Crippen LogP contribution in [0.2, 0.25) is 0 Å². The van der Waals surface area contributed by atoms with Crippen LogP contribution in [0.1, 0.15) is 64.9 Å². The van der Waals surface area contributed by atoms with Crippen LogP contribution in [0.3, 0.4) is 0 Å². The van der Waals surface area contributed by atoms with E-state index in [-0.39, 0.29) is 5.91 Å². The van der Waals surface area contributed by atoms with Gasteiger partial charge in [0.2, 0.25) is 0 Å². The smallest absolute Gasteiger partial charge is 0.256 e. The lowest BCUT2D eigenvalue weighted by Gasteiger charge is -2.38. The van der Waals surface area contributed by atoms with Crippen LogP contribution < -0.4 is 10.1 Å². The third-order valence-corrected chi connectivity index (χ3v) is 4.91. The molecular weight excluding hydrogens is 328 g/mol.